The van der Waals surface area contributed by atoms with Crippen LogP contribution < -0.4 is 5.73 Å². The Morgan fingerprint density at radius 3 is 2.50 bits per heavy atom. The molecular weight excluding hydrogens is 257 g/mol. The highest BCUT2D eigenvalue weighted by molar-refractivity contribution is 5.71. The highest BCUT2D eigenvalue weighted by Crippen LogP contribution is 2.52. The van der Waals surface area contributed by atoms with Crippen LogP contribution >= 0.6 is 0 Å². The molecule has 1 heterocycles. The molecule has 2 fully saturated rings. The molecule has 0 radical (unpaired) electrons. The maximum Gasteiger partial charge on any atom is 0.184 e. The molecule has 2 saturated carbocycles. The summed E-state index contributed by atoms with van der Waals surface area (Å²) in [6.45, 7) is 0. The Morgan fingerprint density at radius 2 is 1.90 bits per heavy atom. The van der Waals surface area contributed by atoms with Crippen molar-refractivity contribution < 1.29 is 4.39 Å². The van der Waals surface area contributed by atoms with Gasteiger partial charge in [-0.05, 0) is 66.1 Å². The standard InChI is InChI=1S/C14H16FN5/c15-10-5-6-11(12(16)7-10)14-17-18-19-20(14)13(8-1-2-8)9-3-4-9/h5-9,13H,1-4,16H2. The van der Waals surface area contributed by atoms with Gasteiger partial charge in [-0.2, -0.15) is 0 Å². The topological polar surface area (TPSA) is 69.6 Å². The molecular formula is C14H16FN5. The smallest absolute Gasteiger partial charge is 0.184 e. The lowest BCUT2D eigenvalue weighted by atomic mass is 10.1. The predicted octanol–water partition coefficient (Wildman–Crippen LogP) is 2.42. The van der Waals surface area contributed by atoms with E-state index in [0.29, 0.717) is 35.0 Å². The van der Waals surface area contributed by atoms with Gasteiger partial charge < -0.3 is 5.73 Å². The van der Waals surface area contributed by atoms with E-state index in [2.05, 4.69) is 15.5 Å². The first-order valence-corrected chi connectivity index (χ1v) is 7.07. The fourth-order valence-electron chi connectivity index (χ4n) is 2.97. The van der Waals surface area contributed by atoms with Gasteiger partial charge in [-0.1, -0.05) is 0 Å². The Balaban J connectivity index is 1.77. The van der Waals surface area contributed by atoms with Gasteiger partial charge in [0, 0.05) is 11.3 Å². The third kappa shape index (κ3) is 1.95. The fourth-order valence-corrected chi connectivity index (χ4v) is 2.97. The van der Waals surface area contributed by atoms with E-state index in [1.54, 1.807) is 6.07 Å². The Labute approximate surface area is 116 Å². The number of benzene rings is 1. The van der Waals surface area contributed by atoms with Gasteiger partial charge in [-0.15, -0.1) is 5.10 Å². The molecule has 20 heavy (non-hydrogen) atoms. The molecule has 0 saturated heterocycles. The zero-order valence-corrected chi connectivity index (χ0v) is 11.0. The minimum Gasteiger partial charge on any atom is -0.398 e. The van der Waals surface area contributed by atoms with E-state index in [0.717, 1.165) is 0 Å². The van der Waals surface area contributed by atoms with Gasteiger partial charge in [-0.3, -0.25) is 0 Å². The second kappa shape index (κ2) is 4.26. The second-order valence-corrected chi connectivity index (χ2v) is 5.84. The van der Waals surface area contributed by atoms with E-state index < -0.39 is 0 Å². The molecule has 1 aromatic carbocycles. The molecule has 0 atom stereocenters. The maximum atomic E-state index is 13.2. The number of halogens is 1. The summed E-state index contributed by atoms with van der Waals surface area (Å²) in [6.07, 6.45) is 5.00. The summed E-state index contributed by atoms with van der Waals surface area (Å²) in [5.74, 6) is 1.69. The normalized spacial score (nSPS) is 18.7. The number of nitrogens with two attached hydrogens (primary N) is 1. The van der Waals surface area contributed by atoms with Crippen molar-refractivity contribution in [2.24, 2.45) is 11.8 Å². The average Bonchev–Trinajstić information content (AvgIpc) is 3.31. The van der Waals surface area contributed by atoms with Crippen molar-refractivity contribution in [2.45, 2.75) is 31.7 Å². The Kier molecular flexibility index (Phi) is 2.52. The summed E-state index contributed by atoms with van der Waals surface area (Å²) in [7, 11) is 0. The van der Waals surface area contributed by atoms with E-state index in [4.69, 9.17) is 5.73 Å². The minimum atomic E-state index is -0.341. The lowest BCUT2D eigenvalue weighted by molar-refractivity contribution is 0.357. The van der Waals surface area contributed by atoms with Crippen LogP contribution in [0.15, 0.2) is 18.2 Å². The molecule has 4 rings (SSSR count). The van der Waals surface area contributed by atoms with E-state index in [1.165, 1.54) is 37.8 Å². The van der Waals surface area contributed by atoms with Crippen LogP contribution in [0.2, 0.25) is 0 Å². The van der Waals surface area contributed by atoms with Gasteiger partial charge in [-0.25, -0.2) is 9.07 Å². The van der Waals surface area contributed by atoms with Gasteiger partial charge in [0.15, 0.2) is 5.82 Å². The molecule has 0 spiro atoms. The van der Waals surface area contributed by atoms with E-state index in [-0.39, 0.29) is 5.82 Å². The molecule has 2 aliphatic rings. The maximum absolute atomic E-state index is 13.2. The lowest BCUT2D eigenvalue weighted by Crippen LogP contribution is -2.16. The van der Waals surface area contributed by atoms with Gasteiger partial charge >= 0.3 is 0 Å². The van der Waals surface area contributed by atoms with E-state index in [9.17, 15) is 4.39 Å². The summed E-state index contributed by atoms with van der Waals surface area (Å²) < 4.78 is 15.1. The van der Waals surface area contributed by atoms with Gasteiger partial charge in [0.1, 0.15) is 5.82 Å². The number of rotatable bonds is 4. The van der Waals surface area contributed by atoms with E-state index in [1.807, 2.05) is 4.68 Å². The second-order valence-electron chi connectivity index (χ2n) is 5.84. The number of nitrogens with zero attached hydrogens (tertiary/aromatic N) is 4. The van der Waals surface area contributed by atoms with Crippen LogP contribution in [-0.4, -0.2) is 20.2 Å². The van der Waals surface area contributed by atoms with Crippen LogP contribution in [0.25, 0.3) is 11.4 Å². The molecule has 2 aliphatic carbocycles. The lowest BCUT2D eigenvalue weighted by Gasteiger charge is -2.17. The van der Waals surface area contributed by atoms with Crippen LogP contribution in [0.5, 0.6) is 0 Å². The third-order valence-corrected chi connectivity index (χ3v) is 4.24. The first-order valence-electron chi connectivity index (χ1n) is 7.07. The third-order valence-electron chi connectivity index (χ3n) is 4.24. The Bertz CT molecular complexity index is 633. The van der Waals surface area contributed by atoms with Crippen molar-refractivity contribution in [3.8, 4) is 11.4 Å². The zero-order valence-electron chi connectivity index (χ0n) is 11.0. The summed E-state index contributed by atoms with van der Waals surface area (Å²) in [5.41, 5.74) is 7.01. The van der Waals surface area contributed by atoms with E-state index >= 15 is 0 Å². The van der Waals surface area contributed by atoms with Crippen LogP contribution in [0.3, 0.4) is 0 Å². The van der Waals surface area contributed by atoms with Gasteiger partial charge in [0.25, 0.3) is 0 Å². The summed E-state index contributed by atoms with van der Waals surface area (Å²) in [6, 6.07) is 4.75. The van der Waals surface area contributed by atoms with Crippen molar-refractivity contribution in [3.05, 3.63) is 24.0 Å². The monoisotopic (exact) mass is 273 g/mol. The number of hydrogen-bond acceptors (Lipinski definition) is 4. The largest absolute Gasteiger partial charge is 0.398 e. The molecule has 0 aliphatic heterocycles. The highest BCUT2D eigenvalue weighted by Gasteiger charge is 2.44. The first kappa shape index (κ1) is 11.8. The van der Waals surface area contributed by atoms with Crippen LogP contribution in [0, 0.1) is 17.7 Å². The molecule has 0 unspecified atom stereocenters. The van der Waals surface area contributed by atoms with Crippen LogP contribution in [0.4, 0.5) is 10.1 Å². The molecule has 0 bridgehead atoms. The molecule has 2 N–H and O–H groups in total. The van der Waals surface area contributed by atoms with Crippen LogP contribution in [0.1, 0.15) is 31.7 Å². The molecule has 0 amide bonds. The fraction of sp³-hybridized carbons (Fsp3) is 0.500. The van der Waals surface area contributed by atoms with Crippen LogP contribution in [-0.2, 0) is 0 Å². The van der Waals surface area contributed by atoms with Gasteiger partial charge in [0.2, 0.25) is 0 Å². The number of hydrogen-bond donors (Lipinski definition) is 1. The SMILES string of the molecule is Nc1cc(F)ccc1-c1nnnn1C(C1CC1)C1CC1. The highest BCUT2D eigenvalue weighted by atomic mass is 19.1. The van der Waals surface area contributed by atoms with Crippen molar-refractivity contribution >= 4 is 5.69 Å². The number of nitrogen functional groups attached to an aromatic ring is 1. The molecule has 2 aromatic rings. The Morgan fingerprint density at radius 1 is 1.20 bits per heavy atom. The number of aromatic nitrogens is 4. The summed E-state index contributed by atoms with van der Waals surface area (Å²) in [4.78, 5) is 0. The molecule has 6 heteroatoms. The predicted molar refractivity (Wildman–Crippen MR) is 72.1 cm³/mol. The number of tetrazole rings is 1. The summed E-state index contributed by atoms with van der Waals surface area (Å²) >= 11 is 0. The average molecular weight is 273 g/mol. The molecule has 1 aromatic heterocycles. The number of anilines is 1. The zero-order chi connectivity index (χ0) is 13.7. The first-order chi connectivity index (χ1) is 9.74. The van der Waals surface area contributed by atoms with Crippen molar-refractivity contribution in [3.63, 3.8) is 0 Å². The van der Waals surface area contributed by atoms with Crippen molar-refractivity contribution in [1.82, 2.24) is 20.2 Å². The molecule has 104 valence electrons. The van der Waals surface area contributed by atoms with Crippen molar-refractivity contribution in [2.75, 3.05) is 5.73 Å². The summed E-state index contributed by atoms with van der Waals surface area (Å²) in [5, 5.41) is 12.1. The Hall–Kier alpha value is -1.98. The quantitative estimate of drug-likeness (QED) is 0.868. The minimum absolute atomic E-state index is 0.341. The van der Waals surface area contributed by atoms with Crippen molar-refractivity contribution in [1.29, 1.82) is 0 Å². The van der Waals surface area contributed by atoms with Gasteiger partial charge in [0.05, 0.1) is 6.04 Å². The molecule has 5 nitrogen and oxygen atoms in total.